The summed E-state index contributed by atoms with van der Waals surface area (Å²) in [5.74, 6) is -2.12. The normalized spacial score (nSPS) is 11.6. The van der Waals surface area contributed by atoms with Gasteiger partial charge in [-0.2, -0.15) is 0 Å². The number of hydrogen-bond donors (Lipinski definition) is 1. The molecular formula is C22H18F2N2O2. The van der Waals surface area contributed by atoms with Crippen molar-refractivity contribution in [3.63, 3.8) is 0 Å². The molecule has 3 rings (SSSR count). The summed E-state index contributed by atoms with van der Waals surface area (Å²) < 4.78 is 26.2. The van der Waals surface area contributed by atoms with Crippen molar-refractivity contribution in [2.24, 2.45) is 0 Å². The van der Waals surface area contributed by atoms with E-state index in [0.29, 0.717) is 17.5 Å². The molecule has 1 amide bonds. The summed E-state index contributed by atoms with van der Waals surface area (Å²) in [5, 5.41) is 2.63. The van der Waals surface area contributed by atoms with E-state index in [1.54, 1.807) is 30.6 Å². The third-order valence-electron chi connectivity index (χ3n) is 4.34. The molecular weight excluding hydrogens is 362 g/mol. The molecule has 28 heavy (non-hydrogen) atoms. The smallest absolute Gasteiger partial charge is 0.228 e. The number of benzene rings is 2. The van der Waals surface area contributed by atoms with E-state index in [2.05, 4.69) is 10.3 Å². The number of pyridine rings is 1. The van der Waals surface area contributed by atoms with Crippen LogP contribution in [0.15, 0.2) is 73.1 Å². The second-order valence-corrected chi connectivity index (χ2v) is 6.32. The topological polar surface area (TPSA) is 59.1 Å². The molecule has 3 aromatic rings. The molecule has 1 heterocycles. The van der Waals surface area contributed by atoms with Gasteiger partial charge in [-0.1, -0.05) is 18.2 Å². The summed E-state index contributed by atoms with van der Waals surface area (Å²) in [6.07, 6.45) is 3.65. The Morgan fingerprint density at radius 1 is 0.929 bits per heavy atom. The van der Waals surface area contributed by atoms with Gasteiger partial charge in [-0.05, 0) is 60.0 Å². The third-order valence-corrected chi connectivity index (χ3v) is 4.34. The predicted molar refractivity (Wildman–Crippen MR) is 101 cm³/mol. The Morgan fingerprint density at radius 3 is 2.18 bits per heavy atom. The highest BCUT2D eigenvalue weighted by Gasteiger charge is 2.22. The summed E-state index contributed by atoms with van der Waals surface area (Å²) in [6, 6.07) is 14.4. The van der Waals surface area contributed by atoms with Gasteiger partial charge in [-0.25, -0.2) is 8.78 Å². The number of carbonyl (C=O) groups excluding carboxylic acids is 2. The fraction of sp³-hybridized carbons (Fsp3) is 0.136. The van der Waals surface area contributed by atoms with Crippen molar-refractivity contribution in [2.75, 3.05) is 6.54 Å². The van der Waals surface area contributed by atoms with Crippen molar-refractivity contribution in [3.05, 3.63) is 101 Å². The molecule has 1 aromatic heterocycles. The molecule has 0 aliphatic heterocycles. The highest BCUT2D eigenvalue weighted by Crippen LogP contribution is 2.21. The van der Waals surface area contributed by atoms with E-state index < -0.39 is 17.6 Å². The van der Waals surface area contributed by atoms with Gasteiger partial charge in [-0.15, -0.1) is 0 Å². The van der Waals surface area contributed by atoms with Crippen LogP contribution in [0.4, 0.5) is 8.78 Å². The fourth-order valence-corrected chi connectivity index (χ4v) is 2.84. The number of halogens is 2. The van der Waals surface area contributed by atoms with Gasteiger partial charge in [0.2, 0.25) is 5.91 Å². The van der Waals surface area contributed by atoms with Crippen LogP contribution in [-0.2, 0) is 11.2 Å². The second kappa shape index (κ2) is 8.99. The number of hydrogen-bond acceptors (Lipinski definition) is 3. The van der Waals surface area contributed by atoms with Crippen molar-refractivity contribution in [2.45, 2.75) is 12.3 Å². The molecule has 1 N–H and O–H groups in total. The summed E-state index contributed by atoms with van der Waals surface area (Å²) in [4.78, 5) is 29.1. The van der Waals surface area contributed by atoms with Crippen molar-refractivity contribution in [3.8, 4) is 0 Å². The largest absolute Gasteiger partial charge is 0.348 e. The maximum atomic E-state index is 13.3. The van der Waals surface area contributed by atoms with Crippen molar-refractivity contribution in [1.82, 2.24) is 10.3 Å². The second-order valence-electron chi connectivity index (χ2n) is 6.32. The number of nitrogens with zero attached hydrogens (tertiary/aromatic N) is 1. The van der Waals surface area contributed by atoms with Crippen molar-refractivity contribution in [1.29, 1.82) is 0 Å². The first-order chi connectivity index (χ1) is 13.5. The molecule has 6 heteroatoms. The molecule has 0 spiro atoms. The number of Topliss-reactive ketones (excluding diaryl/α,β-unsaturated/α-hetero) is 1. The Hall–Kier alpha value is -3.41. The molecule has 0 aliphatic carbocycles. The molecule has 0 fully saturated rings. The molecule has 0 saturated carbocycles. The Balaban J connectivity index is 1.73. The predicted octanol–water partition coefficient (Wildman–Crippen LogP) is 3.69. The SMILES string of the molecule is O=C(CNC(=O)C(Cc1cccnc1)c1ccc(F)cc1)c1ccc(F)cc1. The quantitative estimate of drug-likeness (QED) is 0.636. The lowest BCUT2D eigenvalue weighted by molar-refractivity contribution is -0.122. The van der Waals surface area contributed by atoms with E-state index in [1.807, 2.05) is 6.07 Å². The van der Waals surface area contributed by atoms with E-state index in [1.165, 1.54) is 36.4 Å². The first-order valence-corrected chi connectivity index (χ1v) is 8.74. The lowest BCUT2D eigenvalue weighted by Crippen LogP contribution is -2.34. The first-order valence-electron chi connectivity index (χ1n) is 8.74. The standard InChI is InChI=1S/C22H18F2N2O2/c23-18-7-3-16(4-8-18)20(12-15-2-1-11-25-13-15)22(28)26-14-21(27)17-5-9-19(24)10-6-17/h1-11,13,20H,12,14H2,(H,26,28). The monoisotopic (exact) mass is 380 g/mol. The zero-order chi connectivity index (χ0) is 19.9. The number of rotatable bonds is 7. The van der Waals surface area contributed by atoms with Gasteiger partial charge >= 0.3 is 0 Å². The van der Waals surface area contributed by atoms with Gasteiger partial charge in [0.1, 0.15) is 11.6 Å². The number of nitrogens with one attached hydrogen (secondary N) is 1. The number of carbonyl (C=O) groups is 2. The summed E-state index contributed by atoms with van der Waals surface area (Å²) in [7, 11) is 0. The number of amides is 1. The van der Waals surface area contributed by atoms with E-state index in [4.69, 9.17) is 0 Å². The van der Waals surface area contributed by atoms with Gasteiger partial charge in [-0.3, -0.25) is 14.6 Å². The van der Waals surface area contributed by atoms with E-state index in [9.17, 15) is 18.4 Å². The van der Waals surface area contributed by atoms with Crippen LogP contribution in [0.2, 0.25) is 0 Å². The Bertz CT molecular complexity index is 943. The lowest BCUT2D eigenvalue weighted by Gasteiger charge is -2.17. The van der Waals surface area contributed by atoms with Gasteiger partial charge in [0, 0.05) is 18.0 Å². The molecule has 2 aromatic carbocycles. The summed E-state index contributed by atoms with van der Waals surface area (Å²) in [6.45, 7) is -0.213. The van der Waals surface area contributed by atoms with Crippen molar-refractivity contribution >= 4 is 11.7 Å². The van der Waals surface area contributed by atoms with Crippen LogP contribution in [-0.4, -0.2) is 23.2 Å². The van der Waals surface area contributed by atoms with Crippen LogP contribution in [0, 0.1) is 11.6 Å². The minimum Gasteiger partial charge on any atom is -0.348 e. The zero-order valence-corrected chi connectivity index (χ0v) is 14.9. The Morgan fingerprint density at radius 2 is 1.57 bits per heavy atom. The maximum absolute atomic E-state index is 13.3. The van der Waals surface area contributed by atoms with Crippen LogP contribution in [0.25, 0.3) is 0 Å². The van der Waals surface area contributed by atoms with E-state index in [0.717, 1.165) is 5.56 Å². The highest BCUT2D eigenvalue weighted by atomic mass is 19.1. The zero-order valence-electron chi connectivity index (χ0n) is 14.9. The van der Waals surface area contributed by atoms with Gasteiger partial charge in [0.15, 0.2) is 5.78 Å². The van der Waals surface area contributed by atoms with Gasteiger partial charge in [0.05, 0.1) is 12.5 Å². The molecule has 1 atom stereocenters. The molecule has 0 bridgehead atoms. The summed E-state index contributed by atoms with van der Waals surface area (Å²) in [5.41, 5.74) is 1.79. The summed E-state index contributed by atoms with van der Waals surface area (Å²) >= 11 is 0. The molecule has 4 nitrogen and oxygen atoms in total. The minimum absolute atomic E-state index is 0.213. The van der Waals surface area contributed by atoms with E-state index in [-0.39, 0.29) is 18.2 Å². The van der Waals surface area contributed by atoms with Crippen LogP contribution in [0.1, 0.15) is 27.4 Å². The van der Waals surface area contributed by atoms with Gasteiger partial charge in [0.25, 0.3) is 0 Å². The first kappa shape index (κ1) is 19.4. The molecule has 0 saturated heterocycles. The number of ketones is 1. The maximum Gasteiger partial charge on any atom is 0.228 e. The molecule has 0 aliphatic rings. The van der Waals surface area contributed by atoms with Crippen molar-refractivity contribution < 1.29 is 18.4 Å². The molecule has 1 unspecified atom stereocenters. The van der Waals surface area contributed by atoms with Gasteiger partial charge < -0.3 is 5.32 Å². The average molecular weight is 380 g/mol. The van der Waals surface area contributed by atoms with Crippen LogP contribution >= 0.6 is 0 Å². The lowest BCUT2D eigenvalue weighted by atomic mass is 9.91. The Kier molecular flexibility index (Phi) is 6.22. The van der Waals surface area contributed by atoms with Crippen LogP contribution in [0.5, 0.6) is 0 Å². The Labute approximate surface area is 161 Å². The fourth-order valence-electron chi connectivity index (χ4n) is 2.84. The van der Waals surface area contributed by atoms with Crippen LogP contribution in [0.3, 0.4) is 0 Å². The minimum atomic E-state index is -0.606. The van der Waals surface area contributed by atoms with E-state index >= 15 is 0 Å². The average Bonchev–Trinajstić information content (AvgIpc) is 2.72. The molecule has 0 radical (unpaired) electrons. The molecule has 142 valence electrons. The van der Waals surface area contributed by atoms with Crippen LogP contribution < -0.4 is 5.32 Å². The highest BCUT2D eigenvalue weighted by molar-refractivity contribution is 5.99. The third kappa shape index (κ3) is 5.07. The number of aromatic nitrogens is 1.